The van der Waals surface area contributed by atoms with Crippen molar-refractivity contribution in [1.29, 1.82) is 0 Å². The fraction of sp³-hybridized carbons (Fsp3) is 0.455. The SMILES string of the molecule is Cc1cc([SiH3])ccc1C(C)(C)C. The molecule has 1 heteroatoms. The quantitative estimate of drug-likeness (QED) is 0.525. The van der Waals surface area contributed by atoms with E-state index in [1.54, 1.807) is 0 Å². The summed E-state index contributed by atoms with van der Waals surface area (Å²) >= 11 is 0. The van der Waals surface area contributed by atoms with Crippen LogP contribution >= 0.6 is 0 Å². The maximum absolute atomic E-state index is 2.31. The fourth-order valence-electron chi connectivity index (χ4n) is 1.66. The maximum Gasteiger partial charge on any atom is 0.0385 e. The molecule has 0 saturated heterocycles. The van der Waals surface area contributed by atoms with E-state index in [-0.39, 0.29) is 0 Å². The number of rotatable bonds is 0. The van der Waals surface area contributed by atoms with Gasteiger partial charge in [0.05, 0.1) is 0 Å². The molecule has 66 valence electrons. The van der Waals surface area contributed by atoms with E-state index >= 15 is 0 Å². The lowest BCUT2D eigenvalue weighted by Gasteiger charge is -2.21. The topological polar surface area (TPSA) is 0 Å². The Bertz CT molecular complexity index is 282. The van der Waals surface area contributed by atoms with Gasteiger partial charge >= 0.3 is 0 Å². The first-order valence-corrected chi connectivity index (χ1v) is 5.49. The van der Waals surface area contributed by atoms with Gasteiger partial charge in [0.2, 0.25) is 0 Å². The van der Waals surface area contributed by atoms with Crippen molar-refractivity contribution in [2.45, 2.75) is 33.1 Å². The van der Waals surface area contributed by atoms with Crippen LogP contribution < -0.4 is 5.19 Å². The average Bonchev–Trinajstić information content (AvgIpc) is 1.83. The fourth-order valence-corrected chi connectivity index (χ4v) is 2.25. The van der Waals surface area contributed by atoms with Gasteiger partial charge in [-0.05, 0) is 23.5 Å². The summed E-state index contributed by atoms with van der Waals surface area (Å²) in [6.45, 7) is 9.01. The molecule has 0 aliphatic carbocycles. The van der Waals surface area contributed by atoms with Crippen LogP contribution in [0, 0.1) is 6.92 Å². The van der Waals surface area contributed by atoms with Crippen molar-refractivity contribution in [3.8, 4) is 0 Å². The Morgan fingerprint density at radius 3 is 2.17 bits per heavy atom. The van der Waals surface area contributed by atoms with Crippen LogP contribution in [0.15, 0.2) is 18.2 Å². The number of benzene rings is 1. The highest BCUT2D eigenvalue weighted by Crippen LogP contribution is 2.24. The smallest absolute Gasteiger partial charge is 0.0385 e. The molecule has 0 aromatic heterocycles. The minimum Gasteiger partial charge on any atom is -0.0705 e. The molecule has 0 aliphatic heterocycles. The van der Waals surface area contributed by atoms with Gasteiger partial charge in [-0.25, -0.2) is 0 Å². The number of hydrogen-bond donors (Lipinski definition) is 0. The highest BCUT2D eigenvalue weighted by Gasteiger charge is 2.15. The molecule has 0 nitrogen and oxygen atoms in total. The van der Waals surface area contributed by atoms with Gasteiger partial charge in [0, 0.05) is 10.2 Å². The van der Waals surface area contributed by atoms with Crippen molar-refractivity contribution in [3.05, 3.63) is 29.3 Å². The zero-order valence-corrected chi connectivity index (χ0v) is 10.7. The van der Waals surface area contributed by atoms with Gasteiger partial charge < -0.3 is 0 Å². The third-order valence-electron chi connectivity index (χ3n) is 2.19. The summed E-state index contributed by atoms with van der Waals surface area (Å²) in [6.07, 6.45) is 0. The highest BCUT2D eigenvalue weighted by molar-refractivity contribution is 6.32. The van der Waals surface area contributed by atoms with Gasteiger partial charge in [-0.15, -0.1) is 0 Å². The molecule has 1 aromatic rings. The van der Waals surface area contributed by atoms with E-state index < -0.39 is 0 Å². The van der Waals surface area contributed by atoms with Crippen LogP contribution in [0.3, 0.4) is 0 Å². The lowest BCUT2D eigenvalue weighted by molar-refractivity contribution is 0.586. The summed E-state index contributed by atoms with van der Waals surface area (Å²) in [5.41, 5.74) is 3.20. The number of aryl methyl sites for hydroxylation is 1. The Labute approximate surface area is 78.4 Å². The van der Waals surface area contributed by atoms with Crippen LogP contribution in [-0.4, -0.2) is 10.2 Å². The molecule has 0 fully saturated rings. The van der Waals surface area contributed by atoms with E-state index in [4.69, 9.17) is 0 Å². The van der Waals surface area contributed by atoms with Gasteiger partial charge in [-0.1, -0.05) is 44.2 Å². The van der Waals surface area contributed by atoms with E-state index in [0.29, 0.717) is 5.41 Å². The molecule has 1 rings (SSSR count). The lowest BCUT2D eigenvalue weighted by atomic mass is 9.84. The second kappa shape index (κ2) is 3.06. The van der Waals surface area contributed by atoms with Crippen LogP contribution in [0.1, 0.15) is 31.9 Å². The first-order valence-electron chi connectivity index (χ1n) is 4.49. The average molecular weight is 178 g/mol. The molecular weight excluding hydrogens is 160 g/mol. The molecule has 0 unspecified atom stereocenters. The van der Waals surface area contributed by atoms with Gasteiger partial charge in [-0.2, -0.15) is 0 Å². The van der Waals surface area contributed by atoms with Crippen molar-refractivity contribution in [1.82, 2.24) is 0 Å². The molecule has 0 amide bonds. The first-order chi connectivity index (χ1) is 5.41. The van der Waals surface area contributed by atoms with Gasteiger partial charge in [0.15, 0.2) is 0 Å². The van der Waals surface area contributed by atoms with Crippen molar-refractivity contribution < 1.29 is 0 Å². The molecule has 0 aliphatic rings. The van der Waals surface area contributed by atoms with E-state index in [1.807, 2.05) is 0 Å². The second-order valence-corrected chi connectivity index (χ2v) is 5.72. The minimum atomic E-state index is 0.291. The molecule has 0 N–H and O–H groups in total. The Balaban J connectivity index is 3.19. The Hall–Kier alpha value is -0.563. The normalized spacial score (nSPS) is 12.0. The van der Waals surface area contributed by atoms with Crippen molar-refractivity contribution >= 4 is 15.4 Å². The molecule has 0 radical (unpaired) electrons. The lowest BCUT2D eigenvalue weighted by Crippen LogP contribution is -2.15. The van der Waals surface area contributed by atoms with Gasteiger partial charge in [0.25, 0.3) is 0 Å². The summed E-state index contributed by atoms with van der Waals surface area (Å²) < 4.78 is 0. The van der Waals surface area contributed by atoms with Gasteiger partial charge in [0.1, 0.15) is 0 Å². The summed E-state index contributed by atoms with van der Waals surface area (Å²) in [7, 11) is 1.16. The Morgan fingerprint density at radius 2 is 1.75 bits per heavy atom. The van der Waals surface area contributed by atoms with Crippen LogP contribution in [0.5, 0.6) is 0 Å². The minimum absolute atomic E-state index is 0.291. The molecule has 12 heavy (non-hydrogen) atoms. The monoisotopic (exact) mass is 178 g/mol. The zero-order chi connectivity index (χ0) is 9.35. The second-order valence-electron chi connectivity index (χ2n) is 4.57. The first kappa shape index (κ1) is 9.52. The molecule has 0 heterocycles. The predicted molar refractivity (Wildman–Crippen MR) is 59.5 cm³/mol. The van der Waals surface area contributed by atoms with Crippen LogP contribution in [0.2, 0.25) is 0 Å². The van der Waals surface area contributed by atoms with Crippen molar-refractivity contribution in [3.63, 3.8) is 0 Å². The Kier molecular flexibility index (Phi) is 2.43. The van der Waals surface area contributed by atoms with Crippen molar-refractivity contribution in [2.24, 2.45) is 0 Å². The molecule has 1 aromatic carbocycles. The predicted octanol–water partition coefficient (Wildman–Crippen LogP) is 1.28. The summed E-state index contributed by atoms with van der Waals surface area (Å²) in [5.74, 6) is 0. The third kappa shape index (κ3) is 1.98. The van der Waals surface area contributed by atoms with E-state index in [0.717, 1.165) is 10.2 Å². The number of hydrogen-bond acceptors (Lipinski definition) is 0. The van der Waals surface area contributed by atoms with E-state index in [2.05, 4.69) is 45.9 Å². The van der Waals surface area contributed by atoms with Crippen molar-refractivity contribution in [2.75, 3.05) is 0 Å². The van der Waals surface area contributed by atoms with Crippen LogP contribution in [0.25, 0.3) is 0 Å². The van der Waals surface area contributed by atoms with Crippen LogP contribution in [0.4, 0.5) is 0 Å². The van der Waals surface area contributed by atoms with Gasteiger partial charge in [-0.3, -0.25) is 0 Å². The Morgan fingerprint density at radius 1 is 1.17 bits per heavy atom. The van der Waals surface area contributed by atoms with E-state index in [9.17, 15) is 0 Å². The van der Waals surface area contributed by atoms with E-state index in [1.165, 1.54) is 16.3 Å². The molecule has 0 spiro atoms. The third-order valence-corrected chi connectivity index (χ3v) is 2.81. The molecule has 0 saturated carbocycles. The zero-order valence-electron chi connectivity index (χ0n) is 8.73. The summed E-state index contributed by atoms with van der Waals surface area (Å²) in [6, 6.07) is 6.84. The standard InChI is InChI=1S/C11H18Si/c1-8-7-9(12)5-6-10(8)11(2,3)4/h5-7H,1-4,12H3. The maximum atomic E-state index is 2.31. The van der Waals surface area contributed by atoms with Crippen LogP contribution in [-0.2, 0) is 5.41 Å². The summed E-state index contributed by atoms with van der Waals surface area (Å²) in [4.78, 5) is 0. The largest absolute Gasteiger partial charge is 0.0705 e. The molecule has 0 atom stereocenters. The highest BCUT2D eigenvalue weighted by atomic mass is 28.1. The molecular formula is C11H18Si. The summed E-state index contributed by atoms with van der Waals surface area (Å²) in [5, 5.41) is 1.49. The molecule has 0 bridgehead atoms.